The number of benzene rings is 1. The Morgan fingerprint density at radius 1 is 1.54 bits per heavy atom. The lowest BCUT2D eigenvalue weighted by atomic mass is 10.2. The summed E-state index contributed by atoms with van der Waals surface area (Å²) < 4.78 is 1.72. The summed E-state index contributed by atoms with van der Waals surface area (Å²) >= 11 is 0. The van der Waals surface area contributed by atoms with E-state index in [4.69, 9.17) is 5.90 Å². The van der Waals surface area contributed by atoms with Crippen LogP contribution in [0.5, 0.6) is 0 Å². The first-order valence-corrected chi connectivity index (χ1v) is 3.91. The van der Waals surface area contributed by atoms with Gasteiger partial charge >= 0.3 is 0 Å². The second-order valence-corrected chi connectivity index (χ2v) is 2.85. The number of nitrogens with zero attached hydrogens (tertiary/aromatic N) is 3. The number of rotatable bonds is 2. The molecule has 2 rings (SSSR count). The third-order valence-electron chi connectivity index (χ3n) is 1.93. The molecule has 0 atom stereocenters. The minimum absolute atomic E-state index is 0.404. The number of hydrogen-bond donors (Lipinski definition) is 1. The maximum atomic E-state index is 4.98. The molecule has 2 N–H and O–H groups in total. The summed E-state index contributed by atoms with van der Waals surface area (Å²) in [6, 6.07) is 5.78. The van der Waals surface area contributed by atoms with Crippen molar-refractivity contribution >= 4 is 11.0 Å². The predicted octanol–water partition coefficient (Wildman–Crippen LogP) is 0.359. The topological polar surface area (TPSA) is 66.0 Å². The SMILES string of the molecule is Cn1nnc2ccc(CON)cc21. The first-order chi connectivity index (χ1) is 6.31. The maximum absolute atomic E-state index is 4.98. The molecule has 0 aliphatic heterocycles. The molecule has 0 aliphatic rings. The van der Waals surface area contributed by atoms with Crippen LogP contribution in [0.2, 0.25) is 0 Å². The van der Waals surface area contributed by atoms with E-state index < -0.39 is 0 Å². The molecule has 0 saturated carbocycles. The van der Waals surface area contributed by atoms with E-state index in [0.717, 1.165) is 16.6 Å². The third kappa shape index (κ3) is 1.39. The first kappa shape index (κ1) is 8.15. The molecule has 0 radical (unpaired) electrons. The largest absolute Gasteiger partial charge is 0.300 e. The predicted molar refractivity (Wildman–Crippen MR) is 47.5 cm³/mol. The molecule has 0 fully saturated rings. The van der Waals surface area contributed by atoms with Crippen molar-refractivity contribution in [1.29, 1.82) is 0 Å². The van der Waals surface area contributed by atoms with Gasteiger partial charge in [-0.25, -0.2) is 10.6 Å². The Hall–Kier alpha value is -1.46. The van der Waals surface area contributed by atoms with Crippen molar-refractivity contribution in [2.75, 3.05) is 0 Å². The van der Waals surface area contributed by atoms with Crippen LogP contribution in [0.3, 0.4) is 0 Å². The highest BCUT2D eigenvalue weighted by Gasteiger charge is 2.01. The van der Waals surface area contributed by atoms with Crippen LogP contribution >= 0.6 is 0 Å². The Bertz CT molecular complexity index is 423. The molecule has 0 unspecified atom stereocenters. The molecule has 5 nitrogen and oxygen atoms in total. The molecule has 0 aliphatic carbocycles. The molecule has 2 aromatic rings. The number of hydrogen-bond acceptors (Lipinski definition) is 4. The van der Waals surface area contributed by atoms with Gasteiger partial charge in [-0.2, -0.15) is 0 Å². The van der Waals surface area contributed by atoms with Gasteiger partial charge in [0, 0.05) is 7.05 Å². The lowest BCUT2D eigenvalue weighted by Crippen LogP contribution is -1.99. The molecule has 0 amide bonds. The summed E-state index contributed by atoms with van der Waals surface area (Å²) in [6.45, 7) is 0.404. The van der Waals surface area contributed by atoms with E-state index in [2.05, 4.69) is 15.1 Å². The summed E-state index contributed by atoms with van der Waals surface area (Å²) in [5.74, 6) is 4.98. The van der Waals surface area contributed by atoms with Crippen molar-refractivity contribution < 1.29 is 4.84 Å². The van der Waals surface area contributed by atoms with Crippen LogP contribution in [0.4, 0.5) is 0 Å². The fourth-order valence-electron chi connectivity index (χ4n) is 1.26. The molecular weight excluding hydrogens is 168 g/mol. The maximum Gasteiger partial charge on any atom is 0.113 e. The molecule has 5 heteroatoms. The Balaban J connectivity index is 2.53. The van der Waals surface area contributed by atoms with Gasteiger partial charge in [-0.3, -0.25) is 4.84 Å². The van der Waals surface area contributed by atoms with Gasteiger partial charge in [-0.05, 0) is 17.7 Å². The van der Waals surface area contributed by atoms with Gasteiger partial charge in [0.1, 0.15) is 5.52 Å². The van der Waals surface area contributed by atoms with Crippen LogP contribution in [0, 0.1) is 0 Å². The van der Waals surface area contributed by atoms with Crippen LogP contribution in [0.1, 0.15) is 5.56 Å². The first-order valence-electron chi connectivity index (χ1n) is 3.91. The van der Waals surface area contributed by atoms with Gasteiger partial charge in [0.15, 0.2) is 0 Å². The van der Waals surface area contributed by atoms with Crippen molar-refractivity contribution in [2.45, 2.75) is 6.61 Å². The number of fused-ring (bicyclic) bond motifs is 1. The van der Waals surface area contributed by atoms with Gasteiger partial charge in [-0.1, -0.05) is 11.3 Å². The van der Waals surface area contributed by atoms with E-state index in [9.17, 15) is 0 Å². The Labute approximate surface area is 75.0 Å². The summed E-state index contributed by atoms with van der Waals surface area (Å²) in [6.07, 6.45) is 0. The lowest BCUT2D eigenvalue weighted by Gasteiger charge is -1.98. The monoisotopic (exact) mass is 178 g/mol. The smallest absolute Gasteiger partial charge is 0.113 e. The standard InChI is InChI=1S/C8H10N4O/c1-12-8-4-6(5-13-9)2-3-7(8)10-11-12/h2-4H,5,9H2,1H3. The van der Waals surface area contributed by atoms with Crippen LogP contribution in [-0.2, 0) is 18.5 Å². The van der Waals surface area contributed by atoms with Crippen molar-refractivity contribution in [3.63, 3.8) is 0 Å². The fourth-order valence-corrected chi connectivity index (χ4v) is 1.26. The van der Waals surface area contributed by atoms with E-state index >= 15 is 0 Å². The average molecular weight is 178 g/mol. The van der Waals surface area contributed by atoms with E-state index in [1.54, 1.807) is 4.68 Å². The molecule has 0 spiro atoms. The highest BCUT2D eigenvalue weighted by molar-refractivity contribution is 5.74. The van der Waals surface area contributed by atoms with E-state index in [1.165, 1.54) is 0 Å². The molecule has 1 aromatic heterocycles. The quantitative estimate of drug-likeness (QED) is 0.674. The highest BCUT2D eigenvalue weighted by Crippen LogP contribution is 2.12. The highest BCUT2D eigenvalue weighted by atomic mass is 16.6. The minimum Gasteiger partial charge on any atom is -0.300 e. The van der Waals surface area contributed by atoms with E-state index in [-0.39, 0.29) is 0 Å². The molecule has 0 bridgehead atoms. The zero-order chi connectivity index (χ0) is 9.26. The van der Waals surface area contributed by atoms with Crippen LogP contribution in [-0.4, -0.2) is 15.0 Å². The zero-order valence-corrected chi connectivity index (χ0v) is 7.27. The van der Waals surface area contributed by atoms with Crippen molar-refractivity contribution in [2.24, 2.45) is 12.9 Å². The van der Waals surface area contributed by atoms with E-state index in [1.807, 2.05) is 25.2 Å². The fraction of sp³-hybridized carbons (Fsp3) is 0.250. The Morgan fingerprint density at radius 2 is 2.38 bits per heavy atom. The van der Waals surface area contributed by atoms with Gasteiger partial charge in [0.25, 0.3) is 0 Å². The summed E-state index contributed by atoms with van der Waals surface area (Å²) in [5, 5.41) is 7.85. The average Bonchev–Trinajstić information content (AvgIpc) is 2.49. The summed E-state index contributed by atoms with van der Waals surface area (Å²) in [5.41, 5.74) is 2.87. The van der Waals surface area contributed by atoms with Gasteiger partial charge in [-0.15, -0.1) is 5.10 Å². The minimum atomic E-state index is 0.404. The van der Waals surface area contributed by atoms with Crippen LogP contribution in [0.25, 0.3) is 11.0 Å². The van der Waals surface area contributed by atoms with Crippen LogP contribution < -0.4 is 5.90 Å². The second kappa shape index (κ2) is 3.12. The Kier molecular flexibility index (Phi) is 1.96. The van der Waals surface area contributed by atoms with Gasteiger partial charge in [0.05, 0.1) is 12.1 Å². The number of nitrogens with two attached hydrogens (primary N) is 1. The van der Waals surface area contributed by atoms with Gasteiger partial charge in [0.2, 0.25) is 0 Å². The Morgan fingerprint density at radius 3 is 3.15 bits per heavy atom. The molecular formula is C8H10N4O. The summed E-state index contributed by atoms with van der Waals surface area (Å²) in [7, 11) is 1.85. The second-order valence-electron chi connectivity index (χ2n) is 2.85. The van der Waals surface area contributed by atoms with Crippen LogP contribution in [0.15, 0.2) is 18.2 Å². The van der Waals surface area contributed by atoms with Crippen molar-refractivity contribution in [1.82, 2.24) is 15.0 Å². The van der Waals surface area contributed by atoms with Gasteiger partial charge < -0.3 is 0 Å². The van der Waals surface area contributed by atoms with Crippen molar-refractivity contribution in [3.05, 3.63) is 23.8 Å². The lowest BCUT2D eigenvalue weighted by molar-refractivity contribution is 0.124. The zero-order valence-electron chi connectivity index (χ0n) is 7.27. The molecule has 0 saturated heterocycles. The van der Waals surface area contributed by atoms with Crippen molar-refractivity contribution in [3.8, 4) is 0 Å². The van der Waals surface area contributed by atoms with E-state index in [0.29, 0.717) is 6.61 Å². The number of aryl methyl sites for hydroxylation is 1. The number of aromatic nitrogens is 3. The molecule has 68 valence electrons. The normalized spacial score (nSPS) is 10.9. The third-order valence-corrected chi connectivity index (χ3v) is 1.93. The molecule has 1 aromatic carbocycles. The molecule has 13 heavy (non-hydrogen) atoms. The summed E-state index contributed by atoms with van der Waals surface area (Å²) in [4.78, 5) is 4.54. The molecule has 1 heterocycles.